The van der Waals surface area contributed by atoms with E-state index in [1.807, 2.05) is 20.8 Å². The molecular formula is C21H26N4O4. The molecule has 1 unspecified atom stereocenters. The molecule has 0 N–H and O–H groups in total. The Bertz CT molecular complexity index is 873. The van der Waals surface area contributed by atoms with Crippen molar-refractivity contribution >= 4 is 11.8 Å². The molecule has 1 fully saturated rings. The van der Waals surface area contributed by atoms with Gasteiger partial charge in [0.2, 0.25) is 11.8 Å². The third kappa shape index (κ3) is 4.47. The minimum absolute atomic E-state index is 0.141. The van der Waals surface area contributed by atoms with Crippen molar-refractivity contribution in [2.24, 2.45) is 0 Å². The lowest BCUT2D eigenvalue weighted by atomic mass is 10.1. The molecule has 2 aromatic rings. The van der Waals surface area contributed by atoms with Gasteiger partial charge in [0.25, 0.3) is 11.8 Å². The highest BCUT2D eigenvalue weighted by Crippen LogP contribution is 2.23. The summed E-state index contributed by atoms with van der Waals surface area (Å²) in [7, 11) is 0. The van der Waals surface area contributed by atoms with Crippen molar-refractivity contribution in [3.8, 4) is 11.8 Å². The van der Waals surface area contributed by atoms with Gasteiger partial charge in [-0.15, -0.1) is 0 Å². The molecule has 0 radical (unpaired) electrons. The van der Waals surface area contributed by atoms with E-state index in [4.69, 9.17) is 9.47 Å². The van der Waals surface area contributed by atoms with Crippen LogP contribution in [-0.4, -0.2) is 70.5 Å². The van der Waals surface area contributed by atoms with Gasteiger partial charge in [-0.1, -0.05) is 0 Å². The van der Waals surface area contributed by atoms with Crippen LogP contribution in [0.2, 0.25) is 0 Å². The fraction of sp³-hybridized carbons (Fsp3) is 0.429. The molecule has 3 heterocycles. The standard InChI is InChI=1S/C21H26N4O4/c1-4-28-18-16(8-6-10-22-18)20(26)24-12-13-25(15(3)14-24)21(27)17-9-7-11-23-19(17)29-5-2/h6-11,15H,4-5,12-14H2,1-3H3. The zero-order valence-corrected chi connectivity index (χ0v) is 17.0. The predicted molar refractivity (Wildman–Crippen MR) is 107 cm³/mol. The molecule has 154 valence electrons. The zero-order valence-electron chi connectivity index (χ0n) is 17.0. The van der Waals surface area contributed by atoms with Gasteiger partial charge >= 0.3 is 0 Å². The van der Waals surface area contributed by atoms with Crippen molar-refractivity contribution in [1.82, 2.24) is 19.8 Å². The van der Waals surface area contributed by atoms with Gasteiger partial charge in [-0.25, -0.2) is 9.97 Å². The second-order valence-electron chi connectivity index (χ2n) is 6.68. The number of piperazine rings is 1. The second kappa shape index (κ2) is 9.36. The van der Waals surface area contributed by atoms with Crippen LogP contribution in [0.4, 0.5) is 0 Å². The molecular weight excluding hydrogens is 372 g/mol. The zero-order chi connectivity index (χ0) is 20.8. The highest BCUT2D eigenvalue weighted by atomic mass is 16.5. The number of amides is 2. The van der Waals surface area contributed by atoms with Gasteiger partial charge in [0.1, 0.15) is 11.1 Å². The van der Waals surface area contributed by atoms with Gasteiger partial charge in [-0.2, -0.15) is 0 Å². The van der Waals surface area contributed by atoms with Crippen LogP contribution < -0.4 is 9.47 Å². The molecule has 0 spiro atoms. The van der Waals surface area contributed by atoms with Gasteiger partial charge in [0.05, 0.1) is 13.2 Å². The lowest BCUT2D eigenvalue weighted by Gasteiger charge is -2.40. The molecule has 2 aromatic heterocycles. The summed E-state index contributed by atoms with van der Waals surface area (Å²) in [6.07, 6.45) is 3.20. The maximum atomic E-state index is 13.1. The van der Waals surface area contributed by atoms with Crippen LogP contribution in [0.1, 0.15) is 41.5 Å². The van der Waals surface area contributed by atoms with Crippen molar-refractivity contribution in [3.63, 3.8) is 0 Å². The van der Waals surface area contributed by atoms with E-state index in [9.17, 15) is 9.59 Å². The van der Waals surface area contributed by atoms with Crippen LogP contribution in [0.5, 0.6) is 11.8 Å². The minimum Gasteiger partial charge on any atom is -0.477 e. The first-order valence-electron chi connectivity index (χ1n) is 9.82. The Hall–Kier alpha value is -3.16. The van der Waals surface area contributed by atoms with E-state index in [1.54, 1.807) is 46.5 Å². The first-order valence-corrected chi connectivity index (χ1v) is 9.82. The first kappa shape index (κ1) is 20.6. The summed E-state index contributed by atoms with van der Waals surface area (Å²) >= 11 is 0. The van der Waals surface area contributed by atoms with E-state index in [0.29, 0.717) is 55.7 Å². The predicted octanol–water partition coefficient (Wildman–Crippen LogP) is 2.26. The lowest BCUT2D eigenvalue weighted by Crippen LogP contribution is -2.55. The number of carbonyl (C=O) groups is 2. The quantitative estimate of drug-likeness (QED) is 0.742. The van der Waals surface area contributed by atoms with Gasteiger partial charge in [-0.05, 0) is 45.0 Å². The Morgan fingerprint density at radius 1 is 0.966 bits per heavy atom. The SMILES string of the molecule is CCOc1ncccc1C(=O)N1CCN(C(=O)c2cccnc2OCC)C(C)C1. The summed E-state index contributed by atoms with van der Waals surface area (Å²) in [5.41, 5.74) is 0.874. The van der Waals surface area contributed by atoms with Crippen molar-refractivity contribution < 1.29 is 19.1 Å². The highest BCUT2D eigenvalue weighted by Gasteiger charge is 2.33. The van der Waals surface area contributed by atoms with E-state index in [2.05, 4.69) is 9.97 Å². The fourth-order valence-corrected chi connectivity index (χ4v) is 3.38. The van der Waals surface area contributed by atoms with Gasteiger partial charge in [0, 0.05) is 38.1 Å². The number of ether oxygens (including phenoxy) is 2. The number of hydrogen-bond acceptors (Lipinski definition) is 6. The van der Waals surface area contributed by atoms with Crippen LogP contribution in [0.15, 0.2) is 36.7 Å². The molecule has 2 amide bonds. The van der Waals surface area contributed by atoms with E-state index >= 15 is 0 Å². The topological polar surface area (TPSA) is 84.9 Å². The summed E-state index contributed by atoms with van der Waals surface area (Å²) in [5.74, 6) is 0.389. The minimum atomic E-state index is -0.151. The average molecular weight is 398 g/mol. The molecule has 0 saturated carbocycles. The molecule has 1 saturated heterocycles. The Kier molecular flexibility index (Phi) is 6.64. The first-order chi connectivity index (χ1) is 14.1. The van der Waals surface area contributed by atoms with Crippen molar-refractivity contribution in [3.05, 3.63) is 47.8 Å². The second-order valence-corrected chi connectivity index (χ2v) is 6.68. The largest absolute Gasteiger partial charge is 0.477 e. The molecule has 0 aliphatic carbocycles. The fourth-order valence-electron chi connectivity index (χ4n) is 3.38. The third-order valence-electron chi connectivity index (χ3n) is 4.74. The van der Waals surface area contributed by atoms with Crippen molar-refractivity contribution in [2.45, 2.75) is 26.8 Å². The molecule has 1 aliphatic rings. The normalized spacial score (nSPS) is 16.4. The lowest BCUT2D eigenvalue weighted by molar-refractivity contribution is 0.0409. The number of pyridine rings is 2. The monoisotopic (exact) mass is 398 g/mol. The Morgan fingerprint density at radius 2 is 1.52 bits per heavy atom. The summed E-state index contributed by atoms with van der Waals surface area (Å²) < 4.78 is 11.0. The van der Waals surface area contributed by atoms with Crippen molar-refractivity contribution in [2.75, 3.05) is 32.8 Å². The van der Waals surface area contributed by atoms with Gasteiger partial charge < -0.3 is 19.3 Å². The molecule has 0 aromatic carbocycles. The molecule has 8 nitrogen and oxygen atoms in total. The summed E-state index contributed by atoms with van der Waals surface area (Å²) in [6, 6.07) is 6.72. The molecule has 8 heteroatoms. The summed E-state index contributed by atoms with van der Waals surface area (Å²) in [6.45, 7) is 7.78. The van der Waals surface area contributed by atoms with Crippen LogP contribution >= 0.6 is 0 Å². The van der Waals surface area contributed by atoms with E-state index in [0.717, 1.165) is 0 Å². The molecule has 1 aliphatic heterocycles. The van der Waals surface area contributed by atoms with E-state index < -0.39 is 0 Å². The molecule has 29 heavy (non-hydrogen) atoms. The van der Waals surface area contributed by atoms with Crippen LogP contribution in [-0.2, 0) is 0 Å². The maximum absolute atomic E-state index is 13.1. The smallest absolute Gasteiger partial charge is 0.259 e. The molecule has 1 atom stereocenters. The average Bonchev–Trinajstić information content (AvgIpc) is 2.74. The van der Waals surface area contributed by atoms with Crippen molar-refractivity contribution in [1.29, 1.82) is 0 Å². The van der Waals surface area contributed by atoms with Gasteiger partial charge in [-0.3, -0.25) is 9.59 Å². The molecule has 3 rings (SSSR count). The molecule has 0 bridgehead atoms. The number of carbonyl (C=O) groups excluding carboxylic acids is 2. The highest BCUT2D eigenvalue weighted by molar-refractivity contribution is 5.98. The maximum Gasteiger partial charge on any atom is 0.259 e. The Labute approximate surface area is 170 Å². The van der Waals surface area contributed by atoms with E-state index in [-0.39, 0.29) is 17.9 Å². The van der Waals surface area contributed by atoms with E-state index in [1.165, 1.54) is 0 Å². The van der Waals surface area contributed by atoms with Crippen LogP contribution in [0.3, 0.4) is 0 Å². The summed E-state index contributed by atoms with van der Waals surface area (Å²) in [5, 5.41) is 0. The Morgan fingerprint density at radius 3 is 2.03 bits per heavy atom. The van der Waals surface area contributed by atoms with Crippen LogP contribution in [0, 0.1) is 0 Å². The third-order valence-corrected chi connectivity index (χ3v) is 4.74. The number of hydrogen-bond donors (Lipinski definition) is 0. The summed E-state index contributed by atoms with van der Waals surface area (Å²) in [4.78, 5) is 37.9. The van der Waals surface area contributed by atoms with Gasteiger partial charge in [0.15, 0.2) is 0 Å². The number of nitrogens with zero attached hydrogens (tertiary/aromatic N) is 4. The van der Waals surface area contributed by atoms with Crippen LogP contribution in [0.25, 0.3) is 0 Å². The Balaban J connectivity index is 1.73. The number of rotatable bonds is 6. The number of aromatic nitrogens is 2.